The van der Waals surface area contributed by atoms with E-state index in [9.17, 15) is 9.59 Å². The van der Waals surface area contributed by atoms with Crippen LogP contribution < -0.4 is 20.3 Å². The normalized spacial score (nSPS) is 19.0. The van der Waals surface area contributed by atoms with Crippen molar-refractivity contribution in [2.75, 3.05) is 44.1 Å². The van der Waals surface area contributed by atoms with Crippen molar-refractivity contribution in [3.8, 4) is 5.75 Å². The standard InChI is InChI=1S/C18H25N3O4.ClH/c1-24-15-12-13(5-6-14(15)21-11-3-4-16(21)22)20-17(23)18(25-2)7-9-19-10-8-18;/h5-6,12,19H,3-4,7-11H2,1-2H3,(H,20,23);1H. The van der Waals surface area contributed by atoms with Crippen LogP contribution >= 0.6 is 12.4 Å². The third kappa shape index (κ3) is 3.95. The molecule has 0 atom stereocenters. The number of methoxy groups -OCH3 is 2. The first-order valence-corrected chi connectivity index (χ1v) is 8.65. The van der Waals surface area contributed by atoms with Gasteiger partial charge in [0.2, 0.25) is 5.91 Å². The van der Waals surface area contributed by atoms with Gasteiger partial charge in [0.15, 0.2) is 0 Å². The van der Waals surface area contributed by atoms with Crippen LogP contribution in [0.25, 0.3) is 0 Å². The summed E-state index contributed by atoms with van der Waals surface area (Å²) >= 11 is 0. The number of piperidine rings is 1. The zero-order valence-electron chi connectivity index (χ0n) is 15.2. The quantitative estimate of drug-likeness (QED) is 0.812. The molecule has 144 valence electrons. The molecule has 0 radical (unpaired) electrons. The van der Waals surface area contributed by atoms with Crippen molar-refractivity contribution in [1.82, 2.24) is 5.32 Å². The van der Waals surface area contributed by atoms with Crippen LogP contribution in [0.1, 0.15) is 25.7 Å². The highest BCUT2D eigenvalue weighted by molar-refractivity contribution is 5.99. The highest BCUT2D eigenvalue weighted by Crippen LogP contribution is 2.34. The van der Waals surface area contributed by atoms with Gasteiger partial charge in [-0.1, -0.05) is 0 Å². The van der Waals surface area contributed by atoms with Gasteiger partial charge < -0.3 is 25.0 Å². The molecule has 2 heterocycles. The van der Waals surface area contributed by atoms with Crippen LogP contribution in [0.5, 0.6) is 5.75 Å². The van der Waals surface area contributed by atoms with Gasteiger partial charge in [0.25, 0.3) is 5.91 Å². The molecule has 26 heavy (non-hydrogen) atoms. The van der Waals surface area contributed by atoms with Crippen LogP contribution in [0.15, 0.2) is 18.2 Å². The lowest BCUT2D eigenvalue weighted by Gasteiger charge is -2.34. The zero-order valence-corrected chi connectivity index (χ0v) is 16.0. The summed E-state index contributed by atoms with van der Waals surface area (Å²) in [6.45, 7) is 2.20. The first-order valence-electron chi connectivity index (χ1n) is 8.65. The van der Waals surface area contributed by atoms with Crippen LogP contribution in [0.3, 0.4) is 0 Å². The summed E-state index contributed by atoms with van der Waals surface area (Å²) in [6, 6.07) is 5.37. The molecule has 0 saturated carbocycles. The molecule has 2 amide bonds. The summed E-state index contributed by atoms with van der Waals surface area (Å²) in [5.74, 6) is 0.525. The minimum Gasteiger partial charge on any atom is -0.494 e. The van der Waals surface area contributed by atoms with E-state index in [4.69, 9.17) is 9.47 Å². The predicted molar refractivity (Wildman–Crippen MR) is 102 cm³/mol. The number of benzene rings is 1. The number of hydrogen-bond acceptors (Lipinski definition) is 5. The molecule has 2 N–H and O–H groups in total. The molecule has 1 aromatic rings. The lowest BCUT2D eigenvalue weighted by atomic mass is 9.91. The summed E-state index contributed by atoms with van der Waals surface area (Å²) in [6.07, 6.45) is 2.68. The maximum atomic E-state index is 12.7. The van der Waals surface area contributed by atoms with Crippen molar-refractivity contribution in [3.05, 3.63) is 18.2 Å². The summed E-state index contributed by atoms with van der Waals surface area (Å²) in [7, 11) is 3.14. The van der Waals surface area contributed by atoms with Gasteiger partial charge in [-0.15, -0.1) is 12.4 Å². The molecule has 1 aromatic carbocycles. The largest absolute Gasteiger partial charge is 0.494 e. The Morgan fingerprint density at radius 2 is 2.00 bits per heavy atom. The van der Waals surface area contributed by atoms with Crippen molar-refractivity contribution in [2.45, 2.75) is 31.3 Å². The number of hydrogen-bond donors (Lipinski definition) is 2. The van der Waals surface area contributed by atoms with Gasteiger partial charge in [-0.05, 0) is 44.5 Å². The van der Waals surface area contributed by atoms with Crippen LogP contribution in [0.2, 0.25) is 0 Å². The Kier molecular flexibility index (Phi) is 6.86. The molecule has 0 aliphatic carbocycles. The minimum absolute atomic E-state index is 0. The van der Waals surface area contributed by atoms with Crippen LogP contribution in [0.4, 0.5) is 11.4 Å². The van der Waals surface area contributed by atoms with E-state index in [1.165, 1.54) is 0 Å². The smallest absolute Gasteiger partial charge is 0.256 e. The number of nitrogens with one attached hydrogen (secondary N) is 2. The van der Waals surface area contributed by atoms with Crippen LogP contribution in [-0.4, -0.2) is 51.3 Å². The Bertz CT molecular complexity index is 662. The highest BCUT2D eigenvalue weighted by atomic mass is 35.5. The fourth-order valence-electron chi connectivity index (χ4n) is 3.48. The van der Waals surface area contributed by atoms with Crippen molar-refractivity contribution >= 4 is 35.6 Å². The van der Waals surface area contributed by atoms with E-state index in [2.05, 4.69) is 10.6 Å². The lowest BCUT2D eigenvalue weighted by Crippen LogP contribution is -2.51. The third-order valence-electron chi connectivity index (χ3n) is 5.02. The molecule has 0 unspecified atom stereocenters. The molecule has 2 aliphatic heterocycles. The Morgan fingerprint density at radius 3 is 2.58 bits per heavy atom. The Hall–Kier alpha value is -1.83. The molecule has 2 aliphatic rings. The lowest BCUT2D eigenvalue weighted by molar-refractivity contribution is -0.140. The fourth-order valence-corrected chi connectivity index (χ4v) is 3.48. The van der Waals surface area contributed by atoms with Gasteiger partial charge in [-0.25, -0.2) is 0 Å². The number of rotatable bonds is 5. The molecule has 2 saturated heterocycles. The second-order valence-corrected chi connectivity index (χ2v) is 6.44. The van der Waals surface area contributed by atoms with E-state index < -0.39 is 5.60 Å². The number of halogens is 1. The van der Waals surface area contributed by atoms with E-state index in [-0.39, 0.29) is 24.2 Å². The van der Waals surface area contributed by atoms with E-state index in [0.717, 1.165) is 25.2 Å². The van der Waals surface area contributed by atoms with Gasteiger partial charge in [0.1, 0.15) is 11.4 Å². The molecular formula is C18H26ClN3O4. The molecule has 2 fully saturated rings. The Balaban J connectivity index is 0.00000243. The molecule has 3 rings (SSSR count). The third-order valence-corrected chi connectivity index (χ3v) is 5.02. The number of ether oxygens (including phenoxy) is 2. The van der Waals surface area contributed by atoms with Gasteiger partial charge in [0, 0.05) is 31.8 Å². The number of nitrogens with zero attached hydrogens (tertiary/aromatic N) is 1. The van der Waals surface area contributed by atoms with Gasteiger partial charge >= 0.3 is 0 Å². The number of carbonyl (C=O) groups excluding carboxylic acids is 2. The molecule has 0 spiro atoms. The minimum atomic E-state index is -0.803. The first kappa shape index (κ1) is 20.5. The van der Waals surface area contributed by atoms with Crippen molar-refractivity contribution in [2.24, 2.45) is 0 Å². The maximum Gasteiger partial charge on any atom is 0.256 e. The zero-order chi connectivity index (χ0) is 17.9. The van der Waals surface area contributed by atoms with E-state index in [0.29, 0.717) is 37.2 Å². The number of anilines is 2. The van der Waals surface area contributed by atoms with Crippen LogP contribution in [0, 0.1) is 0 Å². The Labute approximate surface area is 159 Å². The first-order chi connectivity index (χ1) is 12.1. The summed E-state index contributed by atoms with van der Waals surface area (Å²) in [4.78, 5) is 26.4. The average Bonchev–Trinajstić information content (AvgIpc) is 3.07. The highest BCUT2D eigenvalue weighted by Gasteiger charge is 2.39. The number of amides is 2. The second-order valence-electron chi connectivity index (χ2n) is 6.44. The van der Waals surface area contributed by atoms with Crippen molar-refractivity contribution < 1.29 is 19.1 Å². The van der Waals surface area contributed by atoms with E-state index in [1.54, 1.807) is 31.3 Å². The molecular weight excluding hydrogens is 358 g/mol. The fraction of sp³-hybridized carbons (Fsp3) is 0.556. The molecule has 7 nitrogen and oxygen atoms in total. The second kappa shape index (κ2) is 8.70. The molecule has 0 bridgehead atoms. The summed E-state index contributed by atoms with van der Waals surface area (Å²) in [5, 5.41) is 6.17. The van der Waals surface area contributed by atoms with E-state index >= 15 is 0 Å². The SMILES string of the molecule is COc1cc(NC(=O)C2(OC)CCNCC2)ccc1N1CCCC1=O.Cl. The Morgan fingerprint density at radius 1 is 1.27 bits per heavy atom. The maximum absolute atomic E-state index is 12.7. The molecule has 0 aromatic heterocycles. The van der Waals surface area contributed by atoms with Crippen LogP contribution in [-0.2, 0) is 14.3 Å². The summed E-state index contributed by atoms with van der Waals surface area (Å²) < 4.78 is 11.0. The predicted octanol–water partition coefficient (Wildman–Crippen LogP) is 1.95. The topological polar surface area (TPSA) is 79.9 Å². The average molecular weight is 384 g/mol. The monoisotopic (exact) mass is 383 g/mol. The van der Waals surface area contributed by atoms with Gasteiger partial charge in [-0.3, -0.25) is 9.59 Å². The van der Waals surface area contributed by atoms with Crippen molar-refractivity contribution in [1.29, 1.82) is 0 Å². The van der Waals surface area contributed by atoms with Crippen molar-refractivity contribution in [3.63, 3.8) is 0 Å². The van der Waals surface area contributed by atoms with Gasteiger partial charge in [-0.2, -0.15) is 0 Å². The summed E-state index contributed by atoms with van der Waals surface area (Å²) in [5.41, 5.74) is 0.570. The number of carbonyl (C=O) groups is 2. The van der Waals surface area contributed by atoms with E-state index in [1.807, 2.05) is 6.07 Å². The van der Waals surface area contributed by atoms with Gasteiger partial charge in [0.05, 0.1) is 12.8 Å². The molecule has 8 heteroatoms.